The molecule has 5 heteroatoms. The number of pyridine rings is 1. The number of rotatable bonds is 6. The second kappa shape index (κ2) is 7.42. The molecule has 0 unspecified atom stereocenters. The highest BCUT2D eigenvalue weighted by Crippen LogP contribution is 2.18. The zero-order valence-corrected chi connectivity index (χ0v) is 13.4. The third-order valence-electron chi connectivity index (χ3n) is 4.09. The number of benzene rings is 1. The predicted molar refractivity (Wildman–Crippen MR) is 96.6 cm³/mol. The SMILES string of the molecule is N#CN=C(CCc1cccc(N)c1)CCc1ccnc2[nH]ccc12. The van der Waals surface area contributed by atoms with Crippen molar-refractivity contribution in [1.82, 2.24) is 9.97 Å². The summed E-state index contributed by atoms with van der Waals surface area (Å²) < 4.78 is 0. The smallest absolute Gasteiger partial charge is 0.205 e. The summed E-state index contributed by atoms with van der Waals surface area (Å²) in [5, 5.41) is 10.1. The van der Waals surface area contributed by atoms with Gasteiger partial charge < -0.3 is 10.7 Å². The summed E-state index contributed by atoms with van der Waals surface area (Å²) in [6.45, 7) is 0. The van der Waals surface area contributed by atoms with Gasteiger partial charge in [0.1, 0.15) is 5.65 Å². The molecule has 24 heavy (non-hydrogen) atoms. The third-order valence-corrected chi connectivity index (χ3v) is 4.09. The van der Waals surface area contributed by atoms with Crippen molar-refractivity contribution in [2.45, 2.75) is 25.7 Å². The van der Waals surface area contributed by atoms with Crippen LogP contribution in [0.4, 0.5) is 5.69 Å². The number of nitrogens with zero attached hydrogens (tertiary/aromatic N) is 3. The van der Waals surface area contributed by atoms with Crippen LogP contribution in [0.15, 0.2) is 53.8 Å². The average Bonchev–Trinajstić information content (AvgIpc) is 3.07. The van der Waals surface area contributed by atoms with Gasteiger partial charge in [-0.25, -0.2) is 4.98 Å². The molecule has 0 bridgehead atoms. The number of hydrogen-bond donors (Lipinski definition) is 2. The van der Waals surface area contributed by atoms with E-state index in [1.807, 2.05) is 55.0 Å². The molecular weight excluding hydrogens is 298 g/mol. The number of hydrogen-bond acceptors (Lipinski definition) is 4. The number of nitrogens with two attached hydrogens (primary N) is 1. The van der Waals surface area contributed by atoms with Gasteiger partial charge in [-0.1, -0.05) is 12.1 Å². The highest BCUT2D eigenvalue weighted by Gasteiger charge is 2.06. The molecule has 2 heterocycles. The molecule has 0 saturated carbocycles. The zero-order valence-electron chi connectivity index (χ0n) is 13.4. The van der Waals surface area contributed by atoms with Gasteiger partial charge in [0.25, 0.3) is 0 Å². The van der Waals surface area contributed by atoms with E-state index in [2.05, 4.69) is 15.0 Å². The lowest BCUT2D eigenvalue weighted by molar-refractivity contribution is 0.958. The number of anilines is 1. The molecule has 5 nitrogen and oxygen atoms in total. The number of nitrogens with one attached hydrogen (secondary N) is 1. The van der Waals surface area contributed by atoms with Crippen LogP contribution >= 0.6 is 0 Å². The van der Waals surface area contributed by atoms with Gasteiger partial charge in [0.15, 0.2) is 0 Å². The van der Waals surface area contributed by atoms with E-state index in [1.165, 1.54) is 5.56 Å². The monoisotopic (exact) mass is 317 g/mol. The number of H-pyrrole nitrogens is 1. The van der Waals surface area contributed by atoms with E-state index < -0.39 is 0 Å². The first-order valence-corrected chi connectivity index (χ1v) is 7.96. The molecule has 0 spiro atoms. The van der Waals surface area contributed by atoms with E-state index in [0.29, 0.717) is 0 Å². The van der Waals surface area contributed by atoms with Gasteiger partial charge in [-0.2, -0.15) is 10.3 Å². The summed E-state index contributed by atoms with van der Waals surface area (Å²) in [6, 6.07) is 11.9. The molecule has 0 fully saturated rings. The van der Waals surface area contributed by atoms with Crippen molar-refractivity contribution in [3.63, 3.8) is 0 Å². The fourth-order valence-electron chi connectivity index (χ4n) is 2.86. The first-order chi connectivity index (χ1) is 11.8. The van der Waals surface area contributed by atoms with Crippen molar-refractivity contribution < 1.29 is 0 Å². The van der Waals surface area contributed by atoms with E-state index >= 15 is 0 Å². The number of nitrogen functional groups attached to an aromatic ring is 1. The van der Waals surface area contributed by atoms with Crippen molar-refractivity contribution in [3.8, 4) is 6.19 Å². The van der Waals surface area contributed by atoms with Crippen molar-refractivity contribution in [1.29, 1.82) is 5.26 Å². The van der Waals surface area contributed by atoms with Gasteiger partial charge >= 0.3 is 0 Å². The number of aromatic amines is 1. The van der Waals surface area contributed by atoms with Crippen LogP contribution in [-0.2, 0) is 12.8 Å². The number of aliphatic imine (C=N–C) groups is 1. The minimum Gasteiger partial charge on any atom is -0.399 e. The molecule has 3 aromatic rings. The second-order valence-electron chi connectivity index (χ2n) is 5.73. The van der Waals surface area contributed by atoms with Crippen LogP contribution in [-0.4, -0.2) is 15.7 Å². The first kappa shape index (κ1) is 15.8. The lowest BCUT2D eigenvalue weighted by Gasteiger charge is -2.07. The lowest BCUT2D eigenvalue weighted by atomic mass is 10.0. The molecule has 120 valence electrons. The molecule has 3 N–H and O–H groups in total. The molecule has 0 aliphatic rings. The van der Waals surface area contributed by atoms with E-state index in [9.17, 15) is 0 Å². The van der Waals surface area contributed by atoms with Gasteiger partial charge in [0.05, 0.1) is 0 Å². The Bertz CT molecular complexity index is 901. The maximum absolute atomic E-state index is 8.94. The van der Waals surface area contributed by atoms with E-state index in [1.54, 1.807) is 0 Å². The van der Waals surface area contributed by atoms with Crippen molar-refractivity contribution in [3.05, 3.63) is 59.9 Å². The van der Waals surface area contributed by atoms with Gasteiger partial charge in [-0.15, -0.1) is 0 Å². The predicted octanol–water partition coefficient (Wildman–Crippen LogP) is 3.63. The van der Waals surface area contributed by atoms with Crippen LogP contribution < -0.4 is 5.73 Å². The van der Waals surface area contributed by atoms with Gasteiger partial charge in [-0.05, 0) is 61.1 Å². The van der Waals surface area contributed by atoms with Crippen molar-refractivity contribution >= 4 is 22.4 Å². The molecular formula is C19H19N5. The van der Waals surface area contributed by atoms with Gasteiger partial charge in [0, 0.05) is 29.2 Å². The van der Waals surface area contributed by atoms with Crippen molar-refractivity contribution in [2.75, 3.05) is 5.73 Å². The molecule has 0 saturated heterocycles. The Morgan fingerprint density at radius 3 is 2.92 bits per heavy atom. The Hall–Kier alpha value is -3.13. The molecule has 2 aromatic heterocycles. The maximum atomic E-state index is 8.94. The summed E-state index contributed by atoms with van der Waals surface area (Å²) in [6.07, 6.45) is 8.83. The quantitative estimate of drug-likeness (QED) is 0.413. The van der Waals surface area contributed by atoms with Crippen LogP contribution in [0.1, 0.15) is 24.0 Å². The summed E-state index contributed by atoms with van der Waals surface area (Å²) in [7, 11) is 0. The molecule has 0 amide bonds. The minimum absolute atomic E-state index is 0.762. The average molecular weight is 317 g/mol. The topological polar surface area (TPSA) is 90.8 Å². The first-order valence-electron chi connectivity index (χ1n) is 7.96. The third kappa shape index (κ3) is 3.79. The highest BCUT2D eigenvalue weighted by atomic mass is 14.8. The molecule has 0 atom stereocenters. The fraction of sp³-hybridized carbons (Fsp3) is 0.211. The van der Waals surface area contributed by atoms with Gasteiger partial charge in [0.2, 0.25) is 6.19 Å². The Morgan fingerprint density at radius 1 is 1.21 bits per heavy atom. The normalized spacial score (nSPS) is 11.5. The Kier molecular flexibility index (Phi) is 4.87. The largest absolute Gasteiger partial charge is 0.399 e. The standard InChI is InChI=1S/C19H19N5/c20-13-24-17(6-4-14-2-1-3-16(21)12-14)7-5-15-8-10-22-19-18(15)9-11-23-19/h1-3,8-12H,4-7,21H2,(H,22,23). The molecule has 3 rings (SSSR count). The van der Waals surface area contributed by atoms with Gasteiger partial charge in [-0.3, -0.25) is 0 Å². The molecule has 1 aromatic carbocycles. The number of aromatic nitrogens is 2. The van der Waals surface area contributed by atoms with Crippen molar-refractivity contribution in [2.24, 2.45) is 4.99 Å². The van der Waals surface area contributed by atoms with E-state index in [0.717, 1.165) is 53.7 Å². The van der Waals surface area contributed by atoms with Crippen LogP contribution in [0.5, 0.6) is 0 Å². The van der Waals surface area contributed by atoms with E-state index in [4.69, 9.17) is 11.0 Å². The number of aryl methyl sites for hydroxylation is 2. The Morgan fingerprint density at radius 2 is 2.08 bits per heavy atom. The Labute approximate surface area is 140 Å². The summed E-state index contributed by atoms with van der Waals surface area (Å²) in [4.78, 5) is 11.4. The summed E-state index contributed by atoms with van der Waals surface area (Å²) >= 11 is 0. The number of fused-ring (bicyclic) bond motifs is 1. The summed E-state index contributed by atoms with van der Waals surface area (Å²) in [5.41, 5.74) is 10.8. The molecule has 0 radical (unpaired) electrons. The zero-order chi connectivity index (χ0) is 16.8. The summed E-state index contributed by atoms with van der Waals surface area (Å²) in [5.74, 6) is 0. The molecule has 0 aliphatic heterocycles. The highest BCUT2D eigenvalue weighted by molar-refractivity contribution is 5.86. The second-order valence-corrected chi connectivity index (χ2v) is 5.73. The number of nitriles is 1. The van der Waals surface area contributed by atoms with E-state index in [-0.39, 0.29) is 0 Å². The van der Waals surface area contributed by atoms with Crippen LogP contribution in [0, 0.1) is 11.5 Å². The van der Waals surface area contributed by atoms with Crippen LogP contribution in [0.3, 0.4) is 0 Å². The van der Waals surface area contributed by atoms with Crippen LogP contribution in [0.2, 0.25) is 0 Å². The molecule has 0 aliphatic carbocycles. The minimum atomic E-state index is 0.762. The fourth-order valence-corrected chi connectivity index (χ4v) is 2.86. The Balaban J connectivity index is 1.65. The van der Waals surface area contributed by atoms with Crippen LogP contribution in [0.25, 0.3) is 11.0 Å². The maximum Gasteiger partial charge on any atom is 0.205 e. The lowest BCUT2D eigenvalue weighted by Crippen LogP contribution is -2.03.